The maximum Gasteiger partial charge on any atom is 0.501 e. The van der Waals surface area contributed by atoms with Crippen molar-refractivity contribution in [2.24, 2.45) is 28.6 Å². The van der Waals surface area contributed by atoms with Crippen molar-refractivity contribution in [3.63, 3.8) is 0 Å². The van der Waals surface area contributed by atoms with Crippen molar-refractivity contribution in [1.29, 1.82) is 0 Å². The van der Waals surface area contributed by atoms with Gasteiger partial charge >= 0.3 is 10.4 Å². The average Bonchev–Trinajstić information content (AvgIpc) is 2.99. The molecule has 0 unspecified atom stereocenters. The Morgan fingerprint density at radius 1 is 1.19 bits per heavy atom. The molecule has 10 heteroatoms. The van der Waals surface area contributed by atoms with Gasteiger partial charge in [-0.15, -0.1) is 8.42 Å². The molecule has 4 aliphatic carbocycles. The number of carbonyl (C=O) groups is 2. The van der Waals surface area contributed by atoms with Crippen LogP contribution in [0.4, 0.5) is 0 Å². The first-order valence-corrected chi connectivity index (χ1v) is 12.3. The first-order valence-electron chi connectivity index (χ1n) is 11.0. The van der Waals surface area contributed by atoms with E-state index in [1.807, 2.05) is 13.8 Å². The highest BCUT2D eigenvalue weighted by atomic mass is 32.3. The van der Waals surface area contributed by atoms with E-state index in [0.29, 0.717) is 30.4 Å². The third-order valence-electron chi connectivity index (χ3n) is 9.41. The number of aliphatic hydroxyl groups is 3. The van der Waals surface area contributed by atoms with Crippen LogP contribution in [0.3, 0.4) is 0 Å². The number of fused-ring (bicyclic) bond motifs is 7. The lowest BCUT2D eigenvalue weighted by Gasteiger charge is -2.60. The zero-order valence-corrected chi connectivity index (χ0v) is 19.1. The maximum absolute atomic E-state index is 12.8. The summed E-state index contributed by atoms with van der Waals surface area (Å²) in [6.45, 7) is 4.61. The van der Waals surface area contributed by atoms with E-state index in [-0.39, 0.29) is 42.1 Å². The van der Waals surface area contributed by atoms with Gasteiger partial charge in [0.1, 0.15) is 12.2 Å². The van der Waals surface area contributed by atoms with Gasteiger partial charge in [0, 0.05) is 16.7 Å². The lowest BCUT2D eigenvalue weighted by atomic mass is 9.44. The number of carbonyl (C=O) groups excluding carboxylic acids is 2. The van der Waals surface area contributed by atoms with Gasteiger partial charge in [0.15, 0.2) is 17.3 Å². The van der Waals surface area contributed by atoms with E-state index in [1.165, 1.54) is 0 Å². The molecule has 0 radical (unpaired) electrons. The Kier molecular flexibility index (Phi) is 4.43. The topological polar surface area (TPSA) is 147 Å². The molecule has 0 aromatic rings. The molecular weight excluding hydrogens is 440 g/mol. The second-order valence-corrected chi connectivity index (χ2v) is 11.5. The second-order valence-electron chi connectivity index (χ2n) is 10.4. The van der Waals surface area contributed by atoms with E-state index in [9.17, 15) is 33.3 Å². The van der Waals surface area contributed by atoms with E-state index in [1.54, 1.807) is 6.92 Å². The predicted octanol–water partition coefficient (Wildman–Crippen LogP) is 0.895. The fraction of sp³-hybridized carbons (Fsp3) is 0.727. The Morgan fingerprint density at radius 2 is 1.84 bits per heavy atom. The minimum atomic E-state index is -4.37. The zero-order valence-electron chi connectivity index (χ0n) is 18.3. The summed E-state index contributed by atoms with van der Waals surface area (Å²) in [4.78, 5) is 25.3. The van der Waals surface area contributed by atoms with Crippen LogP contribution in [-0.4, -0.2) is 53.6 Å². The van der Waals surface area contributed by atoms with Gasteiger partial charge in [0.25, 0.3) is 5.78 Å². The summed E-state index contributed by atoms with van der Waals surface area (Å²) < 4.78 is 34.0. The van der Waals surface area contributed by atoms with E-state index in [2.05, 4.69) is 0 Å². The number of hydrogen-bond donors (Lipinski definition) is 3. The minimum Gasteiger partial charge on any atom is -0.393 e. The zero-order chi connectivity index (χ0) is 23.4. The van der Waals surface area contributed by atoms with E-state index in [4.69, 9.17) is 8.37 Å². The van der Waals surface area contributed by atoms with Crippen LogP contribution in [0.5, 0.6) is 0 Å². The van der Waals surface area contributed by atoms with Crippen molar-refractivity contribution in [2.75, 3.05) is 6.61 Å². The minimum absolute atomic E-state index is 0.0828. The van der Waals surface area contributed by atoms with Crippen LogP contribution in [0, 0.1) is 28.6 Å². The van der Waals surface area contributed by atoms with E-state index >= 15 is 0 Å². The summed E-state index contributed by atoms with van der Waals surface area (Å²) in [5.74, 6) is -2.25. The Labute approximate surface area is 186 Å². The summed E-state index contributed by atoms with van der Waals surface area (Å²) in [5.41, 5.74) is -2.46. The molecular formula is C22H28O9S. The van der Waals surface area contributed by atoms with Gasteiger partial charge in [0.2, 0.25) is 0 Å². The molecule has 0 amide bonds. The fourth-order valence-corrected chi connectivity index (χ4v) is 8.63. The molecule has 32 heavy (non-hydrogen) atoms. The molecule has 5 aliphatic rings. The molecule has 5 rings (SSSR count). The number of Topliss-reactive ketones (excluding diaryl/α,β-unsaturated/α-hetero) is 2. The lowest BCUT2D eigenvalue weighted by Crippen LogP contribution is -2.62. The average molecular weight is 469 g/mol. The van der Waals surface area contributed by atoms with Crippen molar-refractivity contribution in [2.45, 2.75) is 64.6 Å². The smallest absolute Gasteiger partial charge is 0.393 e. The summed E-state index contributed by atoms with van der Waals surface area (Å²) >= 11 is 0. The molecule has 9 nitrogen and oxygen atoms in total. The molecule has 4 fully saturated rings. The summed E-state index contributed by atoms with van der Waals surface area (Å²) in [6.07, 6.45) is 0.960. The number of hydrogen-bond acceptors (Lipinski definition) is 9. The van der Waals surface area contributed by atoms with E-state index in [0.717, 1.165) is 0 Å². The van der Waals surface area contributed by atoms with Crippen molar-refractivity contribution in [1.82, 2.24) is 0 Å². The van der Waals surface area contributed by atoms with Gasteiger partial charge in [-0.2, -0.15) is 0 Å². The Bertz CT molecular complexity index is 1100. The molecule has 1 saturated heterocycles. The van der Waals surface area contributed by atoms with Crippen LogP contribution in [-0.2, 0) is 28.4 Å². The van der Waals surface area contributed by atoms with Gasteiger partial charge < -0.3 is 23.7 Å². The second kappa shape index (κ2) is 6.43. The van der Waals surface area contributed by atoms with Crippen LogP contribution in [0.15, 0.2) is 22.7 Å². The molecule has 0 aromatic carbocycles. The number of rotatable bonds is 2. The van der Waals surface area contributed by atoms with Crippen LogP contribution >= 0.6 is 0 Å². The highest BCUT2D eigenvalue weighted by Gasteiger charge is 2.69. The van der Waals surface area contributed by atoms with Gasteiger partial charge in [-0.25, -0.2) is 0 Å². The van der Waals surface area contributed by atoms with Gasteiger partial charge in [-0.05, 0) is 62.0 Å². The predicted molar refractivity (Wildman–Crippen MR) is 109 cm³/mol. The summed E-state index contributed by atoms with van der Waals surface area (Å²) in [5, 5.41) is 32.2. The first kappa shape index (κ1) is 22.1. The Balaban J connectivity index is 1.63. The van der Waals surface area contributed by atoms with Crippen LogP contribution < -0.4 is 0 Å². The molecule has 3 saturated carbocycles. The number of allylic oxidation sites excluding steroid dienone is 2. The highest BCUT2D eigenvalue weighted by molar-refractivity contribution is 7.82. The summed E-state index contributed by atoms with van der Waals surface area (Å²) in [6, 6.07) is 0. The highest BCUT2D eigenvalue weighted by Crippen LogP contribution is 2.69. The quantitative estimate of drug-likeness (QED) is 0.537. The Morgan fingerprint density at radius 3 is 2.50 bits per heavy atom. The number of aliphatic hydroxyl groups excluding tert-OH is 2. The third-order valence-corrected chi connectivity index (χ3v) is 10.2. The normalized spacial score (nSPS) is 46.6. The first-order chi connectivity index (χ1) is 14.8. The van der Waals surface area contributed by atoms with Crippen LogP contribution in [0.25, 0.3) is 0 Å². The fourth-order valence-electron chi connectivity index (χ4n) is 7.81. The SMILES string of the molecule is CC1=C2OS(=O)(=O)OC(=C3CC[C@@H]4[C@H]([C@@H](O)C[C@@]5(C)[C@H]4CC[C@]5(O)C(=O)CO)[C@]13C)C2=O. The van der Waals surface area contributed by atoms with Crippen LogP contribution in [0.1, 0.15) is 52.9 Å². The molecule has 3 N–H and O–H groups in total. The van der Waals surface area contributed by atoms with Crippen molar-refractivity contribution in [3.8, 4) is 0 Å². The van der Waals surface area contributed by atoms with Gasteiger partial charge in [0.05, 0.1) is 6.10 Å². The number of ketones is 2. The molecule has 7 atom stereocenters. The van der Waals surface area contributed by atoms with Gasteiger partial charge in [-0.3, -0.25) is 9.59 Å². The van der Waals surface area contributed by atoms with Crippen molar-refractivity contribution < 1.29 is 41.7 Å². The standard InChI is InChI=1S/C22H28O9S/c1-10-18-17(26)19(31-32(28,29)30-18)13-5-4-11-12-6-7-22(27,15(25)9-23)20(12,2)8-14(24)16(11)21(10,13)3/h11-12,14,16,23-24,27H,4-9H2,1-3H3/t11-,12-,14-,16+,20-,21+,22-/m0/s1. The third kappa shape index (κ3) is 2.41. The van der Waals surface area contributed by atoms with Crippen molar-refractivity contribution in [3.05, 3.63) is 22.7 Å². The van der Waals surface area contributed by atoms with Crippen molar-refractivity contribution >= 4 is 22.0 Å². The van der Waals surface area contributed by atoms with Crippen LogP contribution in [0.2, 0.25) is 0 Å². The molecule has 1 heterocycles. The molecule has 1 aliphatic heterocycles. The molecule has 0 aromatic heterocycles. The van der Waals surface area contributed by atoms with Gasteiger partial charge in [-0.1, -0.05) is 13.8 Å². The van der Waals surface area contributed by atoms with E-state index < -0.39 is 51.1 Å². The Hall–Kier alpha value is -1.75. The maximum atomic E-state index is 12.8. The lowest BCUT2D eigenvalue weighted by molar-refractivity contribution is -0.179. The molecule has 2 bridgehead atoms. The largest absolute Gasteiger partial charge is 0.501 e. The monoisotopic (exact) mass is 468 g/mol. The molecule has 0 spiro atoms. The molecule has 176 valence electrons. The summed E-state index contributed by atoms with van der Waals surface area (Å²) in [7, 11) is -4.37.